The Morgan fingerprint density at radius 3 is 2.82 bits per heavy atom. The largest absolute Gasteiger partial charge is 0.306 e. The highest BCUT2D eigenvalue weighted by atomic mass is 32.1. The Bertz CT molecular complexity index is 479. The van der Waals surface area contributed by atoms with E-state index >= 15 is 0 Å². The molecule has 0 bridgehead atoms. The summed E-state index contributed by atoms with van der Waals surface area (Å²) in [6, 6.07) is 11.1. The maximum absolute atomic E-state index is 4.10. The molecule has 2 aromatic rings. The predicted octanol–water partition coefficient (Wildman–Crippen LogP) is 4.52. The van der Waals surface area contributed by atoms with Crippen LogP contribution in [0.1, 0.15) is 31.2 Å². The van der Waals surface area contributed by atoms with E-state index in [0.717, 1.165) is 13.0 Å². The van der Waals surface area contributed by atoms with E-state index in [-0.39, 0.29) is 0 Å². The van der Waals surface area contributed by atoms with E-state index in [2.05, 4.69) is 56.1 Å². The fourth-order valence-corrected chi connectivity index (χ4v) is 3.18. The van der Waals surface area contributed by atoms with Gasteiger partial charge in [-0.15, -0.1) is 11.3 Å². The predicted molar refractivity (Wildman–Crippen MR) is 77.7 cm³/mol. The van der Waals surface area contributed by atoms with Gasteiger partial charge in [0.05, 0.1) is 6.04 Å². The van der Waals surface area contributed by atoms with Crippen molar-refractivity contribution in [2.75, 3.05) is 6.54 Å². The standard InChI is InChI=1S/C15H19NS/c1-4-9-16-15(11(2)3)14-10-12-7-5-6-8-13(12)17-14/h5-8,10,15-16H,2,4,9H2,1,3H3. The average Bonchev–Trinajstić information content (AvgIpc) is 2.72. The Kier molecular flexibility index (Phi) is 3.97. The molecule has 1 unspecified atom stereocenters. The van der Waals surface area contributed by atoms with Crippen molar-refractivity contribution in [1.82, 2.24) is 5.32 Å². The van der Waals surface area contributed by atoms with E-state index < -0.39 is 0 Å². The number of hydrogen-bond acceptors (Lipinski definition) is 2. The molecule has 90 valence electrons. The molecule has 17 heavy (non-hydrogen) atoms. The van der Waals surface area contributed by atoms with Gasteiger partial charge in [0, 0.05) is 9.58 Å². The van der Waals surface area contributed by atoms with Gasteiger partial charge in [0.1, 0.15) is 0 Å². The molecule has 0 amide bonds. The fraction of sp³-hybridized carbons (Fsp3) is 0.333. The molecule has 1 nitrogen and oxygen atoms in total. The average molecular weight is 245 g/mol. The minimum atomic E-state index is 0.298. The zero-order chi connectivity index (χ0) is 12.3. The Balaban J connectivity index is 2.31. The Labute approximate surface area is 107 Å². The first-order valence-electron chi connectivity index (χ1n) is 6.09. The van der Waals surface area contributed by atoms with Gasteiger partial charge >= 0.3 is 0 Å². The lowest BCUT2D eigenvalue weighted by atomic mass is 10.1. The molecule has 0 fully saturated rings. The summed E-state index contributed by atoms with van der Waals surface area (Å²) in [4.78, 5) is 1.37. The first kappa shape index (κ1) is 12.3. The first-order valence-corrected chi connectivity index (χ1v) is 6.91. The van der Waals surface area contributed by atoms with Crippen LogP contribution >= 0.6 is 11.3 Å². The second kappa shape index (κ2) is 5.48. The smallest absolute Gasteiger partial charge is 0.0625 e. The fourth-order valence-electron chi connectivity index (χ4n) is 1.95. The molecule has 1 aromatic heterocycles. The molecule has 1 atom stereocenters. The maximum Gasteiger partial charge on any atom is 0.0625 e. The number of nitrogens with one attached hydrogen (secondary N) is 1. The van der Waals surface area contributed by atoms with Crippen LogP contribution in [-0.2, 0) is 0 Å². The molecule has 1 heterocycles. The number of fused-ring (bicyclic) bond motifs is 1. The molecular weight excluding hydrogens is 226 g/mol. The van der Waals surface area contributed by atoms with Gasteiger partial charge in [0.2, 0.25) is 0 Å². The Hall–Kier alpha value is -1.12. The lowest BCUT2D eigenvalue weighted by molar-refractivity contribution is 0.598. The molecule has 1 aromatic carbocycles. The highest BCUT2D eigenvalue weighted by Gasteiger charge is 2.14. The lowest BCUT2D eigenvalue weighted by Crippen LogP contribution is -2.21. The van der Waals surface area contributed by atoms with Gasteiger partial charge in [-0.3, -0.25) is 0 Å². The zero-order valence-corrected chi connectivity index (χ0v) is 11.3. The minimum absolute atomic E-state index is 0.298. The van der Waals surface area contributed by atoms with Crippen molar-refractivity contribution in [3.05, 3.63) is 47.4 Å². The summed E-state index contributed by atoms with van der Waals surface area (Å²) in [5.41, 5.74) is 1.19. The van der Waals surface area contributed by atoms with E-state index in [9.17, 15) is 0 Å². The zero-order valence-electron chi connectivity index (χ0n) is 10.5. The monoisotopic (exact) mass is 245 g/mol. The molecule has 0 aliphatic heterocycles. The molecule has 0 saturated heterocycles. The third-order valence-electron chi connectivity index (χ3n) is 2.82. The van der Waals surface area contributed by atoms with Crippen LogP contribution in [0.25, 0.3) is 10.1 Å². The van der Waals surface area contributed by atoms with Crippen LogP contribution in [0.2, 0.25) is 0 Å². The van der Waals surface area contributed by atoms with Crippen molar-refractivity contribution < 1.29 is 0 Å². The van der Waals surface area contributed by atoms with Gasteiger partial charge in [-0.05, 0) is 37.4 Å². The van der Waals surface area contributed by atoms with Crippen LogP contribution in [0.4, 0.5) is 0 Å². The lowest BCUT2D eigenvalue weighted by Gasteiger charge is -2.16. The van der Waals surface area contributed by atoms with Crippen molar-refractivity contribution in [3.8, 4) is 0 Å². The summed E-state index contributed by atoms with van der Waals surface area (Å²) in [5.74, 6) is 0. The molecule has 2 rings (SSSR count). The van der Waals surface area contributed by atoms with Crippen molar-refractivity contribution >= 4 is 21.4 Å². The Morgan fingerprint density at radius 1 is 1.41 bits per heavy atom. The third kappa shape index (κ3) is 2.76. The van der Waals surface area contributed by atoms with Crippen LogP contribution in [0.5, 0.6) is 0 Å². The van der Waals surface area contributed by atoms with Gasteiger partial charge in [0.25, 0.3) is 0 Å². The third-order valence-corrected chi connectivity index (χ3v) is 4.00. The van der Waals surface area contributed by atoms with E-state index in [0.29, 0.717) is 6.04 Å². The van der Waals surface area contributed by atoms with Crippen LogP contribution in [0.15, 0.2) is 42.5 Å². The summed E-state index contributed by atoms with van der Waals surface area (Å²) < 4.78 is 1.35. The van der Waals surface area contributed by atoms with Gasteiger partial charge < -0.3 is 5.32 Å². The van der Waals surface area contributed by atoms with Crippen LogP contribution in [0, 0.1) is 0 Å². The molecule has 0 aliphatic rings. The molecule has 2 heteroatoms. The summed E-state index contributed by atoms with van der Waals surface area (Å²) in [7, 11) is 0. The second-order valence-electron chi connectivity index (χ2n) is 4.42. The van der Waals surface area contributed by atoms with Gasteiger partial charge in [-0.1, -0.05) is 37.3 Å². The summed E-state index contributed by atoms with van der Waals surface area (Å²) >= 11 is 1.86. The van der Waals surface area contributed by atoms with Crippen molar-refractivity contribution in [3.63, 3.8) is 0 Å². The topological polar surface area (TPSA) is 12.0 Å². The van der Waals surface area contributed by atoms with Gasteiger partial charge in [-0.2, -0.15) is 0 Å². The van der Waals surface area contributed by atoms with Crippen LogP contribution in [0.3, 0.4) is 0 Å². The quantitative estimate of drug-likeness (QED) is 0.764. The van der Waals surface area contributed by atoms with Crippen molar-refractivity contribution in [2.24, 2.45) is 0 Å². The number of thiophene rings is 1. The number of hydrogen-bond donors (Lipinski definition) is 1. The molecular formula is C15H19NS. The van der Waals surface area contributed by atoms with E-state index in [1.807, 2.05) is 11.3 Å². The molecule has 0 saturated carbocycles. The summed E-state index contributed by atoms with van der Waals surface area (Å²) in [5, 5.41) is 4.89. The number of benzene rings is 1. The first-order chi connectivity index (χ1) is 8.22. The highest BCUT2D eigenvalue weighted by molar-refractivity contribution is 7.19. The van der Waals surface area contributed by atoms with Crippen LogP contribution in [-0.4, -0.2) is 6.54 Å². The number of rotatable bonds is 5. The normalized spacial score (nSPS) is 12.8. The molecule has 1 N–H and O–H groups in total. The van der Waals surface area contributed by atoms with Crippen molar-refractivity contribution in [1.29, 1.82) is 0 Å². The van der Waals surface area contributed by atoms with E-state index in [4.69, 9.17) is 0 Å². The summed E-state index contributed by atoms with van der Waals surface area (Å²) in [6.45, 7) is 9.42. The van der Waals surface area contributed by atoms with Gasteiger partial charge in [0.15, 0.2) is 0 Å². The summed E-state index contributed by atoms with van der Waals surface area (Å²) in [6.07, 6.45) is 1.15. The Morgan fingerprint density at radius 2 is 2.18 bits per heavy atom. The maximum atomic E-state index is 4.10. The van der Waals surface area contributed by atoms with Gasteiger partial charge in [-0.25, -0.2) is 0 Å². The SMILES string of the molecule is C=C(C)C(NCCC)c1cc2ccccc2s1. The highest BCUT2D eigenvalue weighted by Crippen LogP contribution is 2.32. The van der Waals surface area contributed by atoms with E-state index in [1.54, 1.807) is 0 Å². The molecule has 0 aliphatic carbocycles. The van der Waals surface area contributed by atoms with Crippen LogP contribution < -0.4 is 5.32 Å². The van der Waals surface area contributed by atoms with E-state index in [1.165, 1.54) is 20.5 Å². The molecule has 0 spiro atoms. The second-order valence-corrected chi connectivity index (χ2v) is 5.54. The molecule has 0 radical (unpaired) electrons. The van der Waals surface area contributed by atoms with Crippen molar-refractivity contribution in [2.45, 2.75) is 26.3 Å². The minimum Gasteiger partial charge on any atom is -0.306 e.